The lowest BCUT2D eigenvalue weighted by Gasteiger charge is -2.37. The minimum Gasteiger partial charge on any atom is -0.491 e. The molecule has 2 aromatic carbocycles. The summed E-state index contributed by atoms with van der Waals surface area (Å²) in [4.78, 5) is 16.1. The molecular weight excluding hydrogens is 338 g/mol. The van der Waals surface area contributed by atoms with Gasteiger partial charge in [0.2, 0.25) is 0 Å². The van der Waals surface area contributed by atoms with E-state index in [1.165, 1.54) is 12.8 Å². The van der Waals surface area contributed by atoms with E-state index in [0.29, 0.717) is 18.7 Å². The second-order valence-corrected chi connectivity index (χ2v) is 8.11. The van der Waals surface area contributed by atoms with Crippen molar-refractivity contribution >= 4 is 5.97 Å². The molecule has 0 radical (unpaired) electrons. The van der Waals surface area contributed by atoms with E-state index >= 15 is 0 Å². The lowest BCUT2D eigenvalue weighted by atomic mass is 9.76. The van der Waals surface area contributed by atoms with E-state index in [1.807, 2.05) is 54.6 Å². The van der Waals surface area contributed by atoms with Gasteiger partial charge in [0.05, 0.1) is 0 Å². The zero-order valence-corrected chi connectivity index (χ0v) is 15.6. The molecule has 2 fully saturated rings. The lowest BCUT2D eigenvalue weighted by molar-refractivity contribution is -0.158. The second kappa shape index (κ2) is 6.38. The summed E-state index contributed by atoms with van der Waals surface area (Å²) in [5, 5.41) is 0. The first-order chi connectivity index (χ1) is 13.2. The number of benzene rings is 2. The zero-order chi connectivity index (χ0) is 18.4. The first-order valence-electron chi connectivity index (χ1n) is 9.89. The Balaban J connectivity index is 1.48. The topological polar surface area (TPSA) is 38.8 Å². The van der Waals surface area contributed by atoms with E-state index in [1.54, 1.807) is 0 Å². The van der Waals surface area contributed by atoms with Gasteiger partial charge in [0, 0.05) is 17.6 Å². The maximum Gasteiger partial charge on any atom is 0.325 e. The van der Waals surface area contributed by atoms with Crippen molar-refractivity contribution in [1.29, 1.82) is 0 Å². The molecule has 0 spiro atoms. The van der Waals surface area contributed by atoms with Gasteiger partial charge in [-0.25, -0.2) is 0 Å². The van der Waals surface area contributed by atoms with Crippen LogP contribution >= 0.6 is 0 Å². The van der Waals surface area contributed by atoms with Crippen molar-refractivity contribution in [3.8, 4) is 5.75 Å². The minimum absolute atomic E-state index is 0.000417. The summed E-state index contributed by atoms with van der Waals surface area (Å²) in [6, 6.07) is 18.9. The molecule has 27 heavy (non-hydrogen) atoms. The van der Waals surface area contributed by atoms with Gasteiger partial charge in [-0.2, -0.15) is 0 Å². The molecule has 5 rings (SSSR count). The molecule has 0 aromatic heterocycles. The van der Waals surface area contributed by atoms with Gasteiger partial charge in [0.15, 0.2) is 5.41 Å². The molecule has 4 nitrogen and oxygen atoms in total. The van der Waals surface area contributed by atoms with Crippen LogP contribution in [0.1, 0.15) is 36.8 Å². The summed E-state index contributed by atoms with van der Waals surface area (Å²) in [6.07, 6.45) is 4.30. The lowest BCUT2D eigenvalue weighted by Crippen LogP contribution is -2.47. The minimum atomic E-state index is -0.875. The SMILES string of the molecule is CN1[C@@H]2CC[C@H]1CC(OC(=O)C1(c3ccccc3)COc3ccccc31)C2. The van der Waals surface area contributed by atoms with Crippen molar-refractivity contribution in [1.82, 2.24) is 4.90 Å². The van der Waals surface area contributed by atoms with Crippen LogP contribution in [0.25, 0.3) is 0 Å². The van der Waals surface area contributed by atoms with Gasteiger partial charge in [0.1, 0.15) is 18.5 Å². The first kappa shape index (κ1) is 16.8. The second-order valence-electron chi connectivity index (χ2n) is 8.11. The quantitative estimate of drug-likeness (QED) is 0.782. The van der Waals surface area contributed by atoms with Crippen molar-refractivity contribution in [3.05, 3.63) is 65.7 Å². The van der Waals surface area contributed by atoms with Crippen molar-refractivity contribution in [2.75, 3.05) is 13.7 Å². The molecule has 2 unspecified atom stereocenters. The van der Waals surface area contributed by atoms with E-state index in [0.717, 1.165) is 29.7 Å². The summed E-state index contributed by atoms with van der Waals surface area (Å²) < 4.78 is 12.1. The summed E-state index contributed by atoms with van der Waals surface area (Å²) in [7, 11) is 2.20. The van der Waals surface area contributed by atoms with E-state index in [-0.39, 0.29) is 12.1 Å². The fourth-order valence-corrected chi connectivity index (χ4v) is 5.17. The molecule has 3 aliphatic rings. The van der Waals surface area contributed by atoms with Crippen molar-refractivity contribution in [2.45, 2.75) is 49.3 Å². The van der Waals surface area contributed by atoms with E-state index in [4.69, 9.17) is 9.47 Å². The van der Waals surface area contributed by atoms with Crippen LogP contribution in [0.4, 0.5) is 0 Å². The number of esters is 1. The van der Waals surface area contributed by atoms with Gasteiger partial charge in [-0.3, -0.25) is 4.79 Å². The van der Waals surface area contributed by atoms with Gasteiger partial charge >= 0.3 is 5.97 Å². The molecule has 2 bridgehead atoms. The predicted octanol–water partition coefficient (Wildman–Crippen LogP) is 3.53. The third kappa shape index (κ3) is 2.58. The Labute approximate surface area is 160 Å². The molecular formula is C23H25NO3. The number of carbonyl (C=O) groups excluding carboxylic acids is 1. The first-order valence-corrected chi connectivity index (χ1v) is 9.89. The molecule has 0 N–H and O–H groups in total. The maximum atomic E-state index is 13.6. The maximum absolute atomic E-state index is 13.6. The smallest absolute Gasteiger partial charge is 0.325 e. The summed E-state index contributed by atoms with van der Waals surface area (Å²) in [5.74, 6) is 0.606. The normalized spacial score (nSPS) is 32.0. The molecule has 140 valence electrons. The van der Waals surface area contributed by atoms with Gasteiger partial charge < -0.3 is 14.4 Å². The van der Waals surface area contributed by atoms with Gasteiger partial charge in [0.25, 0.3) is 0 Å². The average Bonchev–Trinajstić information content (AvgIpc) is 3.17. The summed E-state index contributed by atoms with van der Waals surface area (Å²) in [5.41, 5.74) is 0.980. The Kier molecular flexibility index (Phi) is 3.97. The fraction of sp³-hybridized carbons (Fsp3) is 0.435. The van der Waals surface area contributed by atoms with E-state index in [9.17, 15) is 4.79 Å². The van der Waals surface area contributed by atoms with Gasteiger partial charge in [-0.1, -0.05) is 48.5 Å². The summed E-state index contributed by atoms with van der Waals surface area (Å²) >= 11 is 0. The van der Waals surface area contributed by atoms with E-state index in [2.05, 4.69) is 11.9 Å². The van der Waals surface area contributed by atoms with Crippen LogP contribution in [0, 0.1) is 0 Å². The Bertz CT molecular complexity index is 838. The zero-order valence-electron chi connectivity index (χ0n) is 15.6. The Morgan fingerprint density at radius 3 is 2.44 bits per heavy atom. The van der Waals surface area contributed by atoms with Crippen molar-refractivity contribution < 1.29 is 14.3 Å². The number of nitrogens with zero attached hydrogens (tertiary/aromatic N) is 1. The van der Waals surface area contributed by atoms with Crippen LogP contribution < -0.4 is 4.74 Å². The molecule has 0 saturated carbocycles. The van der Waals surface area contributed by atoms with E-state index < -0.39 is 5.41 Å². The number of carbonyl (C=O) groups is 1. The van der Waals surface area contributed by atoms with Crippen molar-refractivity contribution in [3.63, 3.8) is 0 Å². The fourth-order valence-electron chi connectivity index (χ4n) is 5.17. The largest absolute Gasteiger partial charge is 0.491 e. The molecule has 3 aliphatic heterocycles. The van der Waals surface area contributed by atoms with Crippen LogP contribution in [-0.2, 0) is 14.9 Å². The monoisotopic (exact) mass is 363 g/mol. The average molecular weight is 363 g/mol. The Hall–Kier alpha value is -2.33. The molecule has 3 heterocycles. The van der Waals surface area contributed by atoms with Crippen LogP contribution in [0.5, 0.6) is 5.75 Å². The summed E-state index contributed by atoms with van der Waals surface area (Å²) in [6.45, 7) is 0.300. The Morgan fingerprint density at radius 2 is 1.70 bits per heavy atom. The van der Waals surface area contributed by atoms with Gasteiger partial charge in [-0.05, 0) is 44.4 Å². The number of hydrogen-bond acceptors (Lipinski definition) is 4. The van der Waals surface area contributed by atoms with Gasteiger partial charge in [-0.15, -0.1) is 0 Å². The number of para-hydroxylation sites is 1. The number of fused-ring (bicyclic) bond motifs is 3. The highest BCUT2D eigenvalue weighted by Gasteiger charge is 2.51. The van der Waals surface area contributed by atoms with Crippen LogP contribution in [0.2, 0.25) is 0 Å². The molecule has 4 heteroatoms. The number of rotatable bonds is 3. The highest BCUT2D eigenvalue weighted by molar-refractivity contribution is 5.90. The Morgan fingerprint density at radius 1 is 1.04 bits per heavy atom. The third-order valence-corrected chi connectivity index (χ3v) is 6.73. The third-order valence-electron chi connectivity index (χ3n) is 6.73. The molecule has 4 atom stereocenters. The van der Waals surface area contributed by atoms with Crippen LogP contribution in [0.15, 0.2) is 54.6 Å². The number of hydrogen-bond donors (Lipinski definition) is 0. The van der Waals surface area contributed by atoms with Crippen LogP contribution in [-0.4, -0.2) is 42.7 Å². The number of ether oxygens (including phenoxy) is 2. The molecule has 2 saturated heterocycles. The predicted molar refractivity (Wildman–Crippen MR) is 103 cm³/mol. The molecule has 0 amide bonds. The number of piperidine rings is 1. The molecule has 2 aromatic rings. The van der Waals surface area contributed by atoms with Crippen LogP contribution in [0.3, 0.4) is 0 Å². The standard InChI is InChI=1S/C23H25NO3/c1-24-17-11-12-18(24)14-19(13-17)27-22(25)23(16-7-3-2-4-8-16)15-26-21-10-6-5-9-20(21)23/h2-10,17-19H,11-15H2,1H3/t17-,18+,19?,23?. The highest BCUT2D eigenvalue weighted by Crippen LogP contribution is 2.45. The van der Waals surface area contributed by atoms with Crippen molar-refractivity contribution in [2.24, 2.45) is 0 Å². The highest BCUT2D eigenvalue weighted by atomic mass is 16.6. The molecule has 0 aliphatic carbocycles.